The maximum Gasteiger partial charge on any atom is 0.132 e. The maximum absolute atomic E-state index is 11.0. The largest absolute Gasteiger partial charge is 0.300 e. The molecule has 11 heavy (non-hydrogen) atoms. The predicted octanol–water partition coefficient (Wildman–Crippen LogP) is 2.26. The van der Waals surface area contributed by atoms with Crippen LogP contribution in [0.15, 0.2) is 0 Å². The molecule has 0 radical (unpaired) electrons. The SMILES string of the molecule is CC(=O)C1CC2C(C1)C2(C)C. The van der Waals surface area contributed by atoms with E-state index in [2.05, 4.69) is 13.8 Å². The van der Waals surface area contributed by atoms with Crippen LogP contribution in [0.5, 0.6) is 0 Å². The standard InChI is InChI=1S/C10H16O/c1-6(11)7-4-8-9(5-7)10(8,2)3/h7-9H,4-5H2,1-3H3. The second-order valence-electron chi connectivity index (χ2n) is 4.81. The van der Waals surface area contributed by atoms with Crippen molar-refractivity contribution in [2.45, 2.75) is 33.6 Å². The van der Waals surface area contributed by atoms with Gasteiger partial charge in [-0.05, 0) is 37.0 Å². The molecule has 0 aromatic heterocycles. The average molecular weight is 152 g/mol. The fourth-order valence-electron chi connectivity index (χ4n) is 2.83. The second-order valence-corrected chi connectivity index (χ2v) is 4.81. The Hall–Kier alpha value is -0.330. The van der Waals surface area contributed by atoms with Gasteiger partial charge in [-0.2, -0.15) is 0 Å². The van der Waals surface area contributed by atoms with Crippen LogP contribution in [0.25, 0.3) is 0 Å². The van der Waals surface area contributed by atoms with E-state index in [1.807, 2.05) is 0 Å². The summed E-state index contributed by atoms with van der Waals surface area (Å²) in [5.74, 6) is 2.57. The molecule has 0 amide bonds. The summed E-state index contributed by atoms with van der Waals surface area (Å²) >= 11 is 0. The molecular weight excluding hydrogens is 136 g/mol. The van der Waals surface area contributed by atoms with Crippen molar-refractivity contribution < 1.29 is 4.79 Å². The molecule has 0 aromatic carbocycles. The van der Waals surface area contributed by atoms with Crippen molar-refractivity contribution in [3.63, 3.8) is 0 Å². The highest BCUT2D eigenvalue weighted by molar-refractivity contribution is 5.78. The molecule has 2 rings (SSSR count). The summed E-state index contributed by atoms with van der Waals surface area (Å²) in [4.78, 5) is 11.0. The van der Waals surface area contributed by atoms with Crippen LogP contribution in [0.1, 0.15) is 33.6 Å². The van der Waals surface area contributed by atoms with Gasteiger partial charge in [-0.1, -0.05) is 13.8 Å². The van der Waals surface area contributed by atoms with Crippen molar-refractivity contribution in [2.75, 3.05) is 0 Å². The summed E-state index contributed by atoms with van der Waals surface area (Å²) in [6, 6.07) is 0. The van der Waals surface area contributed by atoms with E-state index in [4.69, 9.17) is 0 Å². The first-order chi connectivity index (χ1) is 5.03. The molecule has 0 spiro atoms. The molecule has 2 aliphatic carbocycles. The van der Waals surface area contributed by atoms with Gasteiger partial charge in [0.05, 0.1) is 0 Å². The Balaban J connectivity index is 2.00. The topological polar surface area (TPSA) is 17.1 Å². The van der Waals surface area contributed by atoms with Crippen LogP contribution in [-0.4, -0.2) is 5.78 Å². The lowest BCUT2D eigenvalue weighted by Gasteiger charge is -2.13. The third kappa shape index (κ3) is 0.863. The fraction of sp³-hybridized carbons (Fsp3) is 0.900. The zero-order chi connectivity index (χ0) is 8.22. The van der Waals surface area contributed by atoms with E-state index in [9.17, 15) is 4.79 Å². The summed E-state index contributed by atoms with van der Waals surface area (Å²) in [5.41, 5.74) is 0.575. The molecule has 0 heterocycles. The minimum Gasteiger partial charge on any atom is -0.300 e. The van der Waals surface area contributed by atoms with E-state index in [-0.39, 0.29) is 0 Å². The van der Waals surface area contributed by atoms with Crippen LogP contribution >= 0.6 is 0 Å². The zero-order valence-electron chi connectivity index (χ0n) is 7.55. The van der Waals surface area contributed by atoms with Crippen LogP contribution in [0.4, 0.5) is 0 Å². The van der Waals surface area contributed by atoms with E-state index in [0.717, 1.165) is 11.8 Å². The molecule has 62 valence electrons. The molecule has 2 saturated carbocycles. The number of ketones is 1. The van der Waals surface area contributed by atoms with Crippen molar-refractivity contribution in [3.8, 4) is 0 Å². The Morgan fingerprint density at radius 1 is 1.27 bits per heavy atom. The zero-order valence-corrected chi connectivity index (χ0v) is 7.55. The molecule has 0 aliphatic heterocycles. The maximum atomic E-state index is 11.0. The van der Waals surface area contributed by atoms with Gasteiger partial charge in [-0.3, -0.25) is 4.79 Å². The number of rotatable bonds is 1. The number of carbonyl (C=O) groups is 1. The van der Waals surface area contributed by atoms with Gasteiger partial charge in [0.1, 0.15) is 5.78 Å². The smallest absolute Gasteiger partial charge is 0.132 e. The van der Waals surface area contributed by atoms with Gasteiger partial charge in [0, 0.05) is 5.92 Å². The first-order valence-corrected chi connectivity index (χ1v) is 4.54. The van der Waals surface area contributed by atoms with Crippen LogP contribution < -0.4 is 0 Å². The number of hydrogen-bond acceptors (Lipinski definition) is 1. The molecule has 0 saturated heterocycles. The average Bonchev–Trinajstić information content (AvgIpc) is 2.28. The third-order valence-electron chi connectivity index (χ3n) is 3.94. The van der Waals surface area contributed by atoms with Crippen molar-refractivity contribution >= 4 is 5.78 Å². The molecule has 2 unspecified atom stereocenters. The molecule has 2 atom stereocenters. The van der Waals surface area contributed by atoms with Crippen molar-refractivity contribution in [1.29, 1.82) is 0 Å². The summed E-state index contributed by atoms with van der Waals surface area (Å²) in [5, 5.41) is 0. The van der Waals surface area contributed by atoms with Gasteiger partial charge >= 0.3 is 0 Å². The summed E-state index contributed by atoms with van der Waals surface area (Å²) in [6.45, 7) is 6.40. The number of Topliss-reactive ketones (excluding diaryl/α,β-unsaturated/α-hetero) is 1. The Morgan fingerprint density at radius 2 is 1.73 bits per heavy atom. The van der Waals surface area contributed by atoms with E-state index in [0.29, 0.717) is 17.1 Å². The molecular formula is C10H16O. The van der Waals surface area contributed by atoms with Gasteiger partial charge in [0.2, 0.25) is 0 Å². The third-order valence-corrected chi connectivity index (χ3v) is 3.94. The van der Waals surface area contributed by atoms with Crippen molar-refractivity contribution in [2.24, 2.45) is 23.2 Å². The molecule has 1 heteroatoms. The van der Waals surface area contributed by atoms with E-state index in [1.54, 1.807) is 6.92 Å². The Morgan fingerprint density at radius 3 is 2.09 bits per heavy atom. The van der Waals surface area contributed by atoms with E-state index < -0.39 is 0 Å². The lowest BCUT2D eigenvalue weighted by molar-refractivity contribution is -0.121. The number of fused-ring (bicyclic) bond motifs is 1. The highest BCUT2D eigenvalue weighted by Gasteiger charge is 2.62. The van der Waals surface area contributed by atoms with Gasteiger partial charge in [-0.15, -0.1) is 0 Å². The molecule has 2 aliphatic rings. The van der Waals surface area contributed by atoms with Crippen LogP contribution in [0, 0.1) is 23.2 Å². The highest BCUT2D eigenvalue weighted by Crippen LogP contribution is 2.68. The van der Waals surface area contributed by atoms with Gasteiger partial charge in [0.25, 0.3) is 0 Å². The molecule has 0 bridgehead atoms. The summed E-state index contributed by atoms with van der Waals surface area (Å²) in [7, 11) is 0. The Bertz CT molecular complexity index is 191. The van der Waals surface area contributed by atoms with Gasteiger partial charge in [0.15, 0.2) is 0 Å². The minimum absolute atomic E-state index is 0.410. The highest BCUT2D eigenvalue weighted by atomic mass is 16.1. The number of carbonyl (C=O) groups excluding carboxylic acids is 1. The van der Waals surface area contributed by atoms with Crippen LogP contribution in [0.2, 0.25) is 0 Å². The normalized spacial score (nSPS) is 45.2. The lowest BCUT2D eigenvalue weighted by atomic mass is 9.91. The predicted molar refractivity (Wildman–Crippen MR) is 44.2 cm³/mol. The van der Waals surface area contributed by atoms with Crippen LogP contribution in [-0.2, 0) is 4.79 Å². The van der Waals surface area contributed by atoms with Crippen LogP contribution in [0.3, 0.4) is 0 Å². The van der Waals surface area contributed by atoms with E-state index in [1.165, 1.54) is 12.8 Å². The lowest BCUT2D eigenvalue weighted by Crippen LogP contribution is -2.12. The van der Waals surface area contributed by atoms with Crippen molar-refractivity contribution in [1.82, 2.24) is 0 Å². The van der Waals surface area contributed by atoms with E-state index >= 15 is 0 Å². The monoisotopic (exact) mass is 152 g/mol. The quantitative estimate of drug-likeness (QED) is 0.563. The second kappa shape index (κ2) is 1.88. The minimum atomic E-state index is 0.410. The van der Waals surface area contributed by atoms with Gasteiger partial charge < -0.3 is 0 Å². The Kier molecular flexibility index (Phi) is 1.25. The molecule has 1 nitrogen and oxygen atoms in total. The molecule has 2 fully saturated rings. The van der Waals surface area contributed by atoms with Gasteiger partial charge in [-0.25, -0.2) is 0 Å². The molecule has 0 aromatic rings. The molecule has 0 N–H and O–H groups in total. The van der Waals surface area contributed by atoms with Crippen molar-refractivity contribution in [3.05, 3.63) is 0 Å². The summed E-state index contributed by atoms with van der Waals surface area (Å²) in [6.07, 6.45) is 2.35. The number of hydrogen-bond donors (Lipinski definition) is 0. The fourth-order valence-corrected chi connectivity index (χ4v) is 2.83. The Labute approximate surface area is 68.2 Å². The first-order valence-electron chi connectivity index (χ1n) is 4.54. The summed E-state index contributed by atoms with van der Waals surface area (Å²) < 4.78 is 0. The first kappa shape index (κ1) is 7.33.